The minimum absolute atomic E-state index is 0.0688. The van der Waals surface area contributed by atoms with Crippen molar-refractivity contribution in [3.8, 4) is 11.1 Å². The molecule has 142 valence electrons. The number of alkyl halides is 3. The summed E-state index contributed by atoms with van der Waals surface area (Å²) in [6.45, 7) is 0. The Kier molecular flexibility index (Phi) is 4.19. The summed E-state index contributed by atoms with van der Waals surface area (Å²) in [7, 11) is -3.66. The molecule has 0 saturated heterocycles. The van der Waals surface area contributed by atoms with E-state index in [-0.39, 0.29) is 15.4 Å². The predicted octanol–water partition coefficient (Wildman–Crippen LogP) is 4.25. The lowest BCUT2D eigenvalue weighted by Crippen LogP contribution is -2.10. The molecule has 9 heteroatoms. The summed E-state index contributed by atoms with van der Waals surface area (Å²) < 4.78 is 65.2. The molecular weight excluding hydrogens is 391 g/mol. The Balaban J connectivity index is 1.73. The van der Waals surface area contributed by atoms with Crippen molar-refractivity contribution in [1.29, 1.82) is 0 Å². The molecular formula is C19H12F3N3O2S. The first-order valence-electron chi connectivity index (χ1n) is 8.09. The molecule has 0 amide bonds. The Morgan fingerprint density at radius 1 is 0.750 bits per heavy atom. The molecule has 0 aliphatic carbocycles. The van der Waals surface area contributed by atoms with Gasteiger partial charge in [0.15, 0.2) is 5.65 Å². The van der Waals surface area contributed by atoms with Gasteiger partial charge in [-0.15, -0.1) is 10.2 Å². The Morgan fingerprint density at radius 3 is 2.00 bits per heavy atom. The van der Waals surface area contributed by atoms with Crippen molar-refractivity contribution < 1.29 is 21.6 Å². The van der Waals surface area contributed by atoms with Gasteiger partial charge in [-0.2, -0.15) is 13.2 Å². The number of nitrogens with zero attached hydrogens (tertiary/aromatic N) is 3. The third-order valence-corrected chi connectivity index (χ3v) is 5.99. The molecule has 2 heterocycles. The fourth-order valence-electron chi connectivity index (χ4n) is 2.82. The van der Waals surface area contributed by atoms with Crippen molar-refractivity contribution in [2.75, 3.05) is 0 Å². The van der Waals surface area contributed by atoms with Crippen LogP contribution in [0.3, 0.4) is 0 Å². The molecule has 0 spiro atoms. The van der Waals surface area contributed by atoms with E-state index in [4.69, 9.17) is 0 Å². The summed E-state index contributed by atoms with van der Waals surface area (Å²) in [5.74, 6) is -1.12. The molecule has 28 heavy (non-hydrogen) atoms. The fourth-order valence-corrected chi connectivity index (χ4v) is 4.10. The first kappa shape index (κ1) is 18.2. The number of sulfone groups is 1. The van der Waals surface area contributed by atoms with Crippen LogP contribution >= 0.6 is 0 Å². The van der Waals surface area contributed by atoms with Gasteiger partial charge in [0.25, 0.3) is 0 Å². The molecule has 5 nitrogen and oxygen atoms in total. The highest BCUT2D eigenvalue weighted by molar-refractivity contribution is 7.91. The highest BCUT2D eigenvalue weighted by Gasteiger charge is 2.36. The SMILES string of the molecule is O=S(=O)(c1ccccc1)c1ccc(-c2ccc3nnc(C(F)(F)F)n3c2)cc1. The molecule has 2 aromatic heterocycles. The van der Waals surface area contributed by atoms with Gasteiger partial charge in [-0.25, -0.2) is 8.42 Å². The van der Waals surface area contributed by atoms with E-state index >= 15 is 0 Å². The predicted molar refractivity (Wildman–Crippen MR) is 95.3 cm³/mol. The lowest BCUT2D eigenvalue weighted by atomic mass is 10.1. The minimum Gasteiger partial charge on any atom is -0.278 e. The zero-order chi connectivity index (χ0) is 19.9. The van der Waals surface area contributed by atoms with E-state index in [1.54, 1.807) is 36.4 Å². The zero-order valence-corrected chi connectivity index (χ0v) is 14.9. The first-order chi connectivity index (χ1) is 13.3. The standard InChI is InChI=1S/C19H12F3N3O2S/c20-19(21,22)18-24-23-17-11-8-14(12-25(17)18)13-6-9-16(10-7-13)28(26,27)15-4-2-1-3-5-15/h1-12H. The molecule has 4 rings (SSSR count). The zero-order valence-electron chi connectivity index (χ0n) is 14.1. The maximum absolute atomic E-state index is 13.0. The molecule has 0 aliphatic rings. The molecule has 0 fully saturated rings. The smallest absolute Gasteiger partial charge is 0.278 e. The highest BCUT2D eigenvalue weighted by Crippen LogP contribution is 2.30. The van der Waals surface area contributed by atoms with E-state index in [2.05, 4.69) is 10.2 Å². The monoisotopic (exact) mass is 403 g/mol. The van der Waals surface area contributed by atoms with Gasteiger partial charge in [0.1, 0.15) is 0 Å². The van der Waals surface area contributed by atoms with Crippen molar-refractivity contribution in [2.24, 2.45) is 0 Å². The Morgan fingerprint density at radius 2 is 1.36 bits per heavy atom. The van der Waals surface area contributed by atoms with Crippen molar-refractivity contribution in [3.05, 3.63) is 78.8 Å². The number of halogens is 3. The van der Waals surface area contributed by atoms with Crippen LogP contribution in [0.2, 0.25) is 0 Å². The number of fused-ring (bicyclic) bond motifs is 1. The van der Waals surface area contributed by atoms with Gasteiger partial charge in [-0.05, 0) is 47.5 Å². The van der Waals surface area contributed by atoms with E-state index in [0.29, 0.717) is 11.1 Å². The summed E-state index contributed by atoms with van der Waals surface area (Å²) in [4.78, 5) is 0.271. The third kappa shape index (κ3) is 3.13. The molecule has 0 N–H and O–H groups in total. The van der Waals surface area contributed by atoms with Crippen LogP contribution in [0.25, 0.3) is 16.8 Å². The average Bonchev–Trinajstić information content (AvgIpc) is 3.12. The molecule has 0 unspecified atom stereocenters. The number of aromatic nitrogens is 3. The number of hydrogen-bond donors (Lipinski definition) is 0. The van der Waals surface area contributed by atoms with Gasteiger partial charge in [-0.3, -0.25) is 4.40 Å². The van der Waals surface area contributed by atoms with Gasteiger partial charge >= 0.3 is 6.18 Å². The normalized spacial score (nSPS) is 12.4. The van der Waals surface area contributed by atoms with Crippen LogP contribution in [0.15, 0.2) is 82.7 Å². The van der Waals surface area contributed by atoms with E-state index in [1.807, 2.05) is 0 Å². The van der Waals surface area contributed by atoms with Gasteiger partial charge in [0.2, 0.25) is 15.7 Å². The summed E-state index contributed by atoms with van der Waals surface area (Å²) in [5, 5.41) is 6.70. The van der Waals surface area contributed by atoms with Gasteiger partial charge in [0.05, 0.1) is 9.79 Å². The van der Waals surface area contributed by atoms with Crippen LogP contribution < -0.4 is 0 Å². The second kappa shape index (κ2) is 6.45. The van der Waals surface area contributed by atoms with Crippen molar-refractivity contribution in [1.82, 2.24) is 14.6 Å². The van der Waals surface area contributed by atoms with Crippen LogP contribution in [-0.2, 0) is 16.0 Å². The molecule has 0 bridgehead atoms. The second-order valence-electron chi connectivity index (χ2n) is 6.01. The average molecular weight is 403 g/mol. The third-order valence-electron chi connectivity index (χ3n) is 4.21. The van der Waals surface area contributed by atoms with Crippen molar-refractivity contribution in [2.45, 2.75) is 16.0 Å². The van der Waals surface area contributed by atoms with Gasteiger partial charge < -0.3 is 0 Å². The fraction of sp³-hybridized carbons (Fsp3) is 0.0526. The lowest BCUT2D eigenvalue weighted by Gasteiger charge is -2.08. The maximum atomic E-state index is 13.0. The number of rotatable bonds is 3. The van der Waals surface area contributed by atoms with Gasteiger partial charge in [0, 0.05) is 6.20 Å². The summed E-state index contributed by atoms with van der Waals surface area (Å²) in [6.07, 6.45) is -3.36. The molecule has 0 aliphatic heterocycles. The second-order valence-corrected chi connectivity index (χ2v) is 7.96. The van der Waals surface area contributed by atoms with E-state index in [0.717, 1.165) is 4.40 Å². The van der Waals surface area contributed by atoms with Crippen molar-refractivity contribution >= 4 is 15.5 Å². The minimum atomic E-state index is -4.63. The quantitative estimate of drug-likeness (QED) is 0.513. The molecule has 0 saturated carbocycles. The van der Waals surface area contributed by atoms with Crippen LogP contribution in [0.1, 0.15) is 5.82 Å². The van der Waals surface area contributed by atoms with Crippen LogP contribution in [-0.4, -0.2) is 23.0 Å². The van der Waals surface area contributed by atoms with E-state index < -0.39 is 21.8 Å². The van der Waals surface area contributed by atoms with E-state index in [9.17, 15) is 21.6 Å². The highest BCUT2D eigenvalue weighted by atomic mass is 32.2. The largest absolute Gasteiger partial charge is 0.452 e. The van der Waals surface area contributed by atoms with Gasteiger partial charge in [-0.1, -0.05) is 30.3 Å². The first-order valence-corrected chi connectivity index (χ1v) is 9.58. The number of hydrogen-bond acceptors (Lipinski definition) is 4. The number of benzene rings is 2. The molecule has 4 aromatic rings. The van der Waals surface area contributed by atoms with Crippen LogP contribution in [0, 0.1) is 0 Å². The molecule has 0 atom stereocenters. The maximum Gasteiger partial charge on any atom is 0.452 e. The summed E-state index contributed by atoms with van der Waals surface area (Å²) in [6, 6.07) is 17.0. The van der Waals surface area contributed by atoms with Crippen LogP contribution in [0.4, 0.5) is 13.2 Å². The molecule has 0 radical (unpaired) electrons. The summed E-state index contributed by atoms with van der Waals surface area (Å²) >= 11 is 0. The van der Waals surface area contributed by atoms with Crippen LogP contribution in [0.5, 0.6) is 0 Å². The Labute approximate surface area is 158 Å². The Hall–Kier alpha value is -3.20. The molecule has 2 aromatic carbocycles. The topological polar surface area (TPSA) is 64.3 Å². The summed E-state index contributed by atoms with van der Waals surface area (Å²) in [5.41, 5.74) is 1.11. The number of pyridine rings is 1. The lowest BCUT2D eigenvalue weighted by molar-refractivity contribution is -0.145. The Bertz CT molecular complexity index is 1250. The van der Waals surface area contributed by atoms with E-state index in [1.165, 1.54) is 36.5 Å². The van der Waals surface area contributed by atoms with Crippen molar-refractivity contribution in [3.63, 3.8) is 0 Å².